The van der Waals surface area contributed by atoms with Gasteiger partial charge in [-0.15, -0.1) is 48.1 Å². The molecule has 0 bridgehead atoms. The van der Waals surface area contributed by atoms with E-state index in [4.69, 9.17) is 9.72 Å². The average molecular weight is 1040 g/mol. The SMILES string of the molecule is CC(C)(C)c1cc(N2[CH-]N(c3[c-]c(Oc4[c-]c5c(cc4)c4cc(C(F)(F)F)ccc4n5-c4cc(C(C)(C)C)ccn4)ccc3)c3cc(-c4ccccc4)ccc32)cc(C(C)(C)C)c1.[Pt]. The summed E-state index contributed by atoms with van der Waals surface area (Å²) >= 11 is 0. The van der Waals surface area contributed by atoms with Crippen molar-refractivity contribution in [3.05, 3.63) is 175 Å². The summed E-state index contributed by atoms with van der Waals surface area (Å²) in [4.78, 5) is 9.10. The second-order valence-corrected chi connectivity index (χ2v) is 19.5. The molecule has 6 aromatic carbocycles. The summed E-state index contributed by atoms with van der Waals surface area (Å²) in [5, 5.41) is 1.05. The number of ether oxygens (including phenoxy) is 1. The minimum Gasteiger partial charge on any atom is -0.509 e. The van der Waals surface area contributed by atoms with Gasteiger partial charge in [0.2, 0.25) is 0 Å². The van der Waals surface area contributed by atoms with Crippen LogP contribution in [0, 0.1) is 18.8 Å². The van der Waals surface area contributed by atoms with E-state index in [1.165, 1.54) is 23.3 Å². The normalized spacial score (nSPS) is 13.4. The van der Waals surface area contributed by atoms with Gasteiger partial charge >= 0.3 is 6.18 Å². The largest absolute Gasteiger partial charge is 0.509 e. The van der Waals surface area contributed by atoms with E-state index in [-0.39, 0.29) is 37.3 Å². The van der Waals surface area contributed by atoms with Gasteiger partial charge in [-0.3, -0.25) is 0 Å². The molecule has 2 aromatic heterocycles. The number of rotatable bonds is 6. The van der Waals surface area contributed by atoms with Crippen LogP contribution < -0.4 is 14.5 Å². The van der Waals surface area contributed by atoms with Crippen molar-refractivity contribution < 1.29 is 39.0 Å². The number of alkyl halides is 3. The third-order valence-electron chi connectivity index (χ3n) is 11.8. The molecule has 3 heterocycles. The standard InChI is InChI=1S/C55H50F3N4O.Pt/c1-52(2,3)37-24-25-59-51(31-37)62-47-23-19-38(55(56,57)58)30-46(47)45-21-20-44(33-49(45)62)63-43-17-13-16-41(32-43)60-34-61(42-28-39(53(4,5)6)27-40(29-42)54(7,8)9)48-22-18-36(26-50(48)60)35-14-11-10-12-15-35;/h10-31,34H,1-9H3;/q-3;. The van der Waals surface area contributed by atoms with Gasteiger partial charge in [0.15, 0.2) is 0 Å². The van der Waals surface area contributed by atoms with Crippen molar-refractivity contribution >= 4 is 44.6 Å². The van der Waals surface area contributed by atoms with Crippen LogP contribution in [0.3, 0.4) is 0 Å². The predicted molar refractivity (Wildman–Crippen MR) is 251 cm³/mol. The second kappa shape index (κ2) is 16.3. The molecule has 64 heavy (non-hydrogen) atoms. The Morgan fingerprint density at radius 1 is 0.547 bits per heavy atom. The Labute approximate surface area is 388 Å². The molecule has 330 valence electrons. The molecule has 0 unspecified atom stereocenters. The van der Waals surface area contributed by atoms with Crippen LogP contribution in [-0.2, 0) is 43.5 Å². The third kappa shape index (κ3) is 8.57. The van der Waals surface area contributed by atoms with Crippen molar-refractivity contribution in [1.82, 2.24) is 9.55 Å². The van der Waals surface area contributed by atoms with E-state index in [0.29, 0.717) is 39.1 Å². The predicted octanol–water partition coefficient (Wildman–Crippen LogP) is 15.6. The van der Waals surface area contributed by atoms with E-state index in [2.05, 4.69) is 139 Å². The average Bonchev–Trinajstić information content (AvgIpc) is 3.78. The van der Waals surface area contributed by atoms with Gasteiger partial charge in [0.05, 0.1) is 5.56 Å². The molecule has 1 aliphatic rings. The minimum absolute atomic E-state index is 0. The topological polar surface area (TPSA) is 33.5 Å². The number of aromatic nitrogens is 2. The van der Waals surface area contributed by atoms with Gasteiger partial charge in [0.1, 0.15) is 5.82 Å². The molecule has 0 N–H and O–H groups in total. The molecule has 0 saturated carbocycles. The molecule has 9 rings (SSSR count). The Hall–Kier alpha value is -5.85. The van der Waals surface area contributed by atoms with Gasteiger partial charge in [-0.2, -0.15) is 25.3 Å². The maximum atomic E-state index is 14.0. The minimum atomic E-state index is -4.50. The molecule has 0 fully saturated rings. The van der Waals surface area contributed by atoms with Crippen LogP contribution in [0.2, 0.25) is 0 Å². The number of halogens is 3. The summed E-state index contributed by atoms with van der Waals surface area (Å²) in [5.74, 6) is 1.42. The first-order chi connectivity index (χ1) is 29.7. The molecule has 5 nitrogen and oxygen atoms in total. The summed E-state index contributed by atoms with van der Waals surface area (Å²) in [5.41, 5.74) is 9.71. The first kappa shape index (κ1) is 44.7. The molecule has 0 amide bonds. The second-order valence-electron chi connectivity index (χ2n) is 19.5. The van der Waals surface area contributed by atoms with Crippen LogP contribution in [0.1, 0.15) is 84.6 Å². The van der Waals surface area contributed by atoms with Crippen LogP contribution >= 0.6 is 0 Å². The van der Waals surface area contributed by atoms with E-state index >= 15 is 0 Å². The zero-order valence-corrected chi connectivity index (χ0v) is 39.7. The molecule has 8 aromatic rings. The number of hydrogen-bond donors (Lipinski definition) is 0. The van der Waals surface area contributed by atoms with Gasteiger partial charge in [-0.05, 0) is 98.0 Å². The van der Waals surface area contributed by atoms with Crippen LogP contribution in [0.25, 0.3) is 38.8 Å². The molecule has 1 aliphatic heterocycles. The summed E-state index contributed by atoms with van der Waals surface area (Å²) in [6.07, 6.45) is -2.76. The fourth-order valence-corrected chi connectivity index (χ4v) is 8.14. The van der Waals surface area contributed by atoms with Crippen molar-refractivity contribution in [1.29, 1.82) is 0 Å². The van der Waals surface area contributed by atoms with Gasteiger partial charge in [-0.1, -0.05) is 116 Å². The fourth-order valence-electron chi connectivity index (χ4n) is 8.14. The van der Waals surface area contributed by atoms with Crippen molar-refractivity contribution in [3.8, 4) is 28.4 Å². The molecule has 0 atom stereocenters. The van der Waals surface area contributed by atoms with E-state index in [0.717, 1.165) is 45.5 Å². The molecule has 9 heteroatoms. The monoisotopic (exact) mass is 1030 g/mol. The van der Waals surface area contributed by atoms with Crippen molar-refractivity contribution in [2.45, 2.75) is 84.7 Å². The zero-order chi connectivity index (χ0) is 44.6. The third-order valence-corrected chi connectivity index (χ3v) is 11.8. The van der Waals surface area contributed by atoms with Crippen molar-refractivity contribution in [2.75, 3.05) is 9.80 Å². The zero-order valence-electron chi connectivity index (χ0n) is 37.4. The molecule has 0 radical (unpaired) electrons. The number of fused-ring (bicyclic) bond motifs is 4. The Morgan fingerprint density at radius 2 is 1.23 bits per heavy atom. The Balaban J connectivity index is 0.00000560. The number of nitrogens with zero attached hydrogens (tertiary/aromatic N) is 4. The Bertz CT molecular complexity index is 2990. The molecule has 0 aliphatic carbocycles. The first-order valence-corrected chi connectivity index (χ1v) is 21.3. The number of pyridine rings is 1. The Kier molecular flexibility index (Phi) is 11.4. The van der Waals surface area contributed by atoms with E-state index < -0.39 is 11.7 Å². The summed E-state index contributed by atoms with van der Waals surface area (Å²) < 4.78 is 50.5. The van der Waals surface area contributed by atoms with Crippen LogP contribution in [0.4, 0.5) is 35.9 Å². The van der Waals surface area contributed by atoms with Crippen molar-refractivity contribution in [2.24, 2.45) is 0 Å². The molecular formula is C55H50F3N4OPt-3. The number of anilines is 4. The van der Waals surface area contributed by atoms with Crippen molar-refractivity contribution in [3.63, 3.8) is 0 Å². The summed E-state index contributed by atoms with van der Waals surface area (Å²) in [7, 11) is 0. The molecule has 0 saturated heterocycles. The maximum Gasteiger partial charge on any atom is 0.416 e. The van der Waals surface area contributed by atoms with Gasteiger partial charge in [0, 0.05) is 61.3 Å². The molecular weight excluding hydrogens is 985 g/mol. The first-order valence-electron chi connectivity index (χ1n) is 21.3. The quantitative estimate of drug-likeness (QED) is 0.155. The van der Waals surface area contributed by atoms with E-state index in [1.807, 2.05) is 53.1 Å². The number of hydrogen-bond acceptors (Lipinski definition) is 4. The van der Waals surface area contributed by atoms with Gasteiger partial charge < -0.3 is 19.1 Å². The van der Waals surface area contributed by atoms with E-state index in [1.54, 1.807) is 18.3 Å². The summed E-state index contributed by atoms with van der Waals surface area (Å²) in [6, 6.07) is 47.9. The maximum absolute atomic E-state index is 14.0. The van der Waals surface area contributed by atoms with Gasteiger partial charge in [-0.25, -0.2) is 4.98 Å². The van der Waals surface area contributed by atoms with Crippen LogP contribution in [-0.4, -0.2) is 9.55 Å². The number of benzene rings is 6. The van der Waals surface area contributed by atoms with E-state index in [9.17, 15) is 13.2 Å². The molecule has 0 spiro atoms. The van der Waals surface area contributed by atoms with Crippen LogP contribution in [0.15, 0.2) is 134 Å². The summed E-state index contributed by atoms with van der Waals surface area (Å²) in [6.45, 7) is 22.0. The Morgan fingerprint density at radius 3 is 1.91 bits per heavy atom. The smallest absolute Gasteiger partial charge is 0.416 e. The van der Waals surface area contributed by atoms with Gasteiger partial charge in [0.25, 0.3) is 0 Å². The fraction of sp³-hybridized carbons (Fsp3) is 0.236. The van der Waals surface area contributed by atoms with Crippen LogP contribution in [0.5, 0.6) is 11.5 Å².